The van der Waals surface area contributed by atoms with Gasteiger partial charge >= 0.3 is 12.2 Å². The number of hydrogen-bond donors (Lipinski definition) is 2. The van der Waals surface area contributed by atoms with Crippen molar-refractivity contribution in [3.8, 4) is 17.4 Å². The van der Waals surface area contributed by atoms with E-state index in [0.717, 1.165) is 3.57 Å². The number of amides is 2. The zero-order chi connectivity index (χ0) is 41.7. The Labute approximate surface area is 342 Å². The topological polar surface area (TPSA) is 196 Å². The molecule has 4 heterocycles. The average molecular weight is 884 g/mol. The number of nitrogens with zero attached hydrogens (tertiary/aromatic N) is 7. The van der Waals surface area contributed by atoms with Crippen molar-refractivity contribution in [1.29, 1.82) is 5.26 Å². The number of carbonyl (C=O) groups is 2. The summed E-state index contributed by atoms with van der Waals surface area (Å²) in [5.41, 5.74) is 0.438. The molecule has 0 radical (unpaired) electrons. The first-order chi connectivity index (χ1) is 26.8. The summed E-state index contributed by atoms with van der Waals surface area (Å²) >= 11 is 2.20. The predicted octanol–water partition coefficient (Wildman–Crippen LogP) is 7.21. The van der Waals surface area contributed by atoms with Crippen molar-refractivity contribution in [2.75, 3.05) is 0 Å². The minimum Gasteiger partial charge on any atom is -0.444 e. The van der Waals surface area contributed by atoms with Gasteiger partial charge in [-0.05, 0) is 151 Å². The lowest BCUT2D eigenvalue weighted by Gasteiger charge is -2.23. The van der Waals surface area contributed by atoms with Crippen LogP contribution in [0, 0.1) is 14.9 Å². The van der Waals surface area contributed by atoms with Crippen LogP contribution in [0.25, 0.3) is 33.4 Å². The maximum absolute atomic E-state index is 13.2. The Morgan fingerprint density at radius 3 is 1.44 bits per heavy atom. The number of hydrogen-bond acceptors (Lipinski definition) is 11. The third kappa shape index (κ3) is 10.6. The van der Waals surface area contributed by atoms with Crippen LogP contribution in [0.2, 0.25) is 0 Å². The van der Waals surface area contributed by atoms with E-state index < -0.39 is 35.5 Å². The Balaban J connectivity index is 0.000000218. The summed E-state index contributed by atoms with van der Waals surface area (Å²) in [5, 5.41) is 15.3. The molecule has 0 saturated carbocycles. The Bertz CT molecular complexity index is 2590. The van der Waals surface area contributed by atoms with Crippen molar-refractivity contribution in [3.63, 3.8) is 0 Å². The third-order valence-corrected chi connectivity index (χ3v) is 8.64. The van der Waals surface area contributed by atoms with Gasteiger partial charge in [-0.25, -0.2) is 29.5 Å². The van der Waals surface area contributed by atoms with Crippen molar-refractivity contribution < 1.29 is 19.1 Å². The number of aromatic nitrogens is 6. The van der Waals surface area contributed by atoms with Gasteiger partial charge in [0.05, 0.1) is 45.9 Å². The van der Waals surface area contributed by atoms with E-state index in [4.69, 9.17) is 14.7 Å². The van der Waals surface area contributed by atoms with Gasteiger partial charge in [-0.15, -0.1) is 0 Å². The molecule has 4 aromatic heterocycles. The van der Waals surface area contributed by atoms with E-state index in [9.17, 15) is 19.2 Å². The number of carbonyl (C=O) groups excluding carboxylic acids is 2. The molecule has 0 spiro atoms. The second-order valence-corrected chi connectivity index (χ2v) is 16.1. The van der Waals surface area contributed by atoms with E-state index in [1.54, 1.807) is 116 Å². The SMILES string of the molecule is C[C@@H](NC(=O)OC(C)(C)C)c1nc2ncccc2c(=O)n1-c1ccc(C#N)cc1.C[C@@H](NC(=O)OC(C)(C)C)c1nc2ncccc2c(=O)n1-c1ccc(I)cc1. The molecule has 294 valence electrons. The minimum absolute atomic E-state index is 0.243. The van der Waals surface area contributed by atoms with E-state index in [0.29, 0.717) is 45.0 Å². The molecule has 2 N–H and O–H groups in total. The molecule has 6 aromatic rings. The lowest BCUT2D eigenvalue weighted by atomic mass is 10.2. The van der Waals surface area contributed by atoms with Crippen LogP contribution in [0.4, 0.5) is 9.59 Å². The second-order valence-electron chi connectivity index (χ2n) is 14.8. The number of halogens is 1. The van der Waals surface area contributed by atoms with Gasteiger partial charge < -0.3 is 20.1 Å². The van der Waals surface area contributed by atoms with Crippen molar-refractivity contribution >= 4 is 56.8 Å². The van der Waals surface area contributed by atoms with Gasteiger partial charge in [0.2, 0.25) is 0 Å². The van der Waals surface area contributed by atoms with Gasteiger partial charge in [0.1, 0.15) is 22.9 Å². The van der Waals surface area contributed by atoms with E-state index >= 15 is 0 Å². The van der Waals surface area contributed by atoms with Crippen molar-refractivity contribution in [3.05, 3.63) is 127 Å². The van der Waals surface area contributed by atoms with Crippen molar-refractivity contribution in [2.24, 2.45) is 0 Å². The summed E-state index contributed by atoms with van der Waals surface area (Å²) < 4.78 is 14.6. The number of ether oxygens (including phenoxy) is 2. The number of nitriles is 1. The van der Waals surface area contributed by atoms with Gasteiger partial charge in [-0.1, -0.05) is 0 Å². The molecule has 0 unspecified atom stereocenters. The average Bonchev–Trinajstić information content (AvgIpc) is 3.14. The fourth-order valence-corrected chi connectivity index (χ4v) is 5.88. The molecule has 0 aliphatic rings. The summed E-state index contributed by atoms with van der Waals surface area (Å²) in [4.78, 5) is 68.3. The van der Waals surface area contributed by atoms with E-state index in [1.807, 2.05) is 30.3 Å². The number of fused-ring (bicyclic) bond motifs is 2. The monoisotopic (exact) mass is 883 g/mol. The van der Waals surface area contributed by atoms with Gasteiger partial charge in [-0.3, -0.25) is 18.7 Å². The van der Waals surface area contributed by atoms with Crippen molar-refractivity contribution in [1.82, 2.24) is 39.7 Å². The van der Waals surface area contributed by atoms with Crippen LogP contribution in [-0.4, -0.2) is 52.5 Å². The van der Waals surface area contributed by atoms with Crippen LogP contribution in [0.3, 0.4) is 0 Å². The number of pyridine rings is 2. The van der Waals surface area contributed by atoms with E-state index in [1.165, 1.54) is 9.13 Å². The summed E-state index contributed by atoms with van der Waals surface area (Å²) in [7, 11) is 0. The molecule has 57 heavy (non-hydrogen) atoms. The molecule has 0 aliphatic heterocycles. The molecule has 0 fully saturated rings. The molecular weight excluding hydrogens is 841 g/mol. The maximum Gasteiger partial charge on any atom is 0.408 e. The zero-order valence-corrected chi connectivity index (χ0v) is 34.9. The highest BCUT2D eigenvalue weighted by atomic mass is 127. The van der Waals surface area contributed by atoms with Gasteiger partial charge in [-0.2, -0.15) is 5.26 Å². The summed E-state index contributed by atoms with van der Waals surface area (Å²) in [5.74, 6) is 0.681. The molecular formula is C41H42IN9O6. The quantitative estimate of drug-likeness (QED) is 0.161. The first kappa shape index (κ1) is 41.9. The van der Waals surface area contributed by atoms with Crippen LogP contribution in [0.5, 0.6) is 0 Å². The fourth-order valence-electron chi connectivity index (χ4n) is 5.52. The van der Waals surface area contributed by atoms with Gasteiger partial charge in [0.15, 0.2) is 11.3 Å². The summed E-state index contributed by atoms with van der Waals surface area (Å²) in [6.07, 6.45) is 1.94. The molecule has 0 aliphatic carbocycles. The standard InChI is InChI=1S/C21H21N5O3.C20H21IN4O3/c1-13(24-20(28)29-21(2,3)4)18-25-17-16(6-5-11-23-17)19(27)26(18)15-9-7-14(12-22)8-10-15;1-12(23-19(27)28-20(2,3)4)17-24-16-15(6-5-11-22-16)18(26)25(17)14-9-7-13(21)8-10-14/h5-11,13H,1-4H3,(H,24,28);5-12H,1-4H3,(H,23,27)/t13-;12-/m11/s1. The molecule has 2 atom stereocenters. The van der Waals surface area contributed by atoms with E-state index in [2.05, 4.69) is 53.2 Å². The molecule has 15 nitrogen and oxygen atoms in total. The zero-order valence-electron chi connectivity index (χ0n) is 32.7. The van der Waals surface area contributed by atoms with Crippen LogP contribution in [0.1, 0.15) is 84.7 Å². The molecule has 0 saturated heterocycles. The smallest absolute Gasteiger partial charge is 0.408 e. The first-order valence-electron chi connectivity index (χ1n) is 17.9. The number of benzene rings is 2. The highest BCUT2D eigenvalue weighted by Crippen LogP contribution is 2.21. The maximum atomic E-state index is 13.2. The summed E-state index contributed by atoms with van der Waals surface area (Å²) in [6.45, 7) is 14.1. The lowest BCUT2D eigenvalue weighted by Crippen LogP contribution is -2.37. The van der Waals surface area contributed by atoms with Crippen LogP contribution < -0.4 is 21.8 Å². The molecule has 2 aromatic carbocycles. The van der Waals surface area contributed by atoms with Gasteiger partial charge in [0.25, 0.3) is 11.1 Å². The van der Waals surface area contributed by atoms with Gasteiger partial charge in [0, 0.05) is 16.0 Å². The molecule has 16 heteroatoms. The first-order valence-corrected chi connectivity index (χ1v) is 18.9. The molecule has 2 amide bonds. The highest BCUT2D eigenvalue weighted by molar-refractivity contribution is 14.1. The Hall–Kier alpha value is -6.22. The molecule has 0 bridgehead atoms. The van der Waals surface area contributed by atoms with Crippen LogP contribution in [0.15, 0.2) is 94.8 Å². The van der Waals surface area contributed by atoms with Crippen LogP contribution in [-0.2, 0) is 9.47 Å². The highest BCUT2D eigenvalue weighted by Gasteiger charge is 2.25. The molecule has 6 rings (SSSR count). The largest absolute Gasteiger partial charge is 0.444 e. The van der Waals surface area contributed by atoms with Crippen LogP contribution >= 0.6 is 22.6 Å². The lowest BCUT2D eigenvalue weighted by molar-refractivity contribution is 0.0493. The summed E-state index contributed by atoms with van der Waals surface area (Å²) in [6, 6.07) is 21.6. The van der Waals surface area contributed by atoms with E-state index in [-0.39, 0.29) is 16.8 Å². The number of nitrogens with one attached hydrogen (secondary N) is 2. The minimum atomic E-state index is -0.658. The second kappa shape index (κ2) is 17.3. The Kier molecular flexibility index (Phi) is 12.7. The number of rotatable bonds is 6. The predicted molar refractivity (Wildman–Crippen MR) is 223 cm³/mol. The number of alkyl carbamates (subject to hydrolysis) is 2. The Morgan fingerprint density at radius 1 is 0.684 bits per heavy atom. The van der Waals surface area contributed by atoms with Crippen molar-refractivity contribution in [2.45, 2.75) is 78.7 Å². The fraction of sp³-hybridized carbons (Fsp3) is 0.293. The normalized spacial score (nSPS) is 12.4. The Morgan fingerprint density at radius 2 is 1.07 bits per heavy atom. The third-order valence-electron chi connectivity index (χ3n) is 7.92.